The molecule has 0 amide bonds. The minimum Gasteiger partial charge on any atom is -0.382 e. The highest BCUT2D eigenvalue weighted by atomic mass is 15.3. The molecule has 0 bridgehead atoms. The van der Waals surface area contributed by atoms with Crippen molar-refractivity contribution in [1.82, 2.24) is 19.7 Å². The van der Waals surface area contributed by atoms with Crippen LogP contribution in [0.4, 0.5) is 5.82 Å². The molecule has 15 heavy (non-hydrogen) atoms. The lowest BCUT2D eigenvalue weighted by Crippen LogP contribution is -2.04. The Morgan fingerprint density at radius 3 is 2.60 bits per heavy atom. The van der Waals surface area contributed by atoms with E-state index < -0.39 is 0 Å². The van der Waals surface area contributed by atoms with Gasteiger partial charge < -0.3 is 5.73 Å². The SMILES string of the molecule is Cc1cnc(C)c(-n2cc(C)c(N)n2)n1. The van der Waals surface area contributed by atoms with Crippen molar-refractivity contribution in [3.8, 4) is 5.82 Å². The third kappa shape index (κ3) is 1.68. The van der Waals surface area contributed by atoms with Crippen LogP contribution in [0.25, 0.3) is 5.82 Å². The predicted octanol–water partition coefficient (Wildman–Crippen LogP) is 1.17. The van der Waals surface area contributed by atoms with E-state index in [0.717, 1.165) is 22.8 Å². The number of nitrogens with zero attached hydrogens (tertiary/aromatic N) is 4. The minimum atomic E-state index is 0.526. The van der Waals surface area contributed by atoms with Gasteiger partial charge >= 0.3 is 0 Å². The highest BCUT2D eigenvalue weighted by molar-refractivity contribution is 5.39. The molecule has 0 aliphatic heterocycles. The van der Waals surface area contributed by atoms with Gasteiger partial charge in [-0.15, -0.1) is 5.10 Å². The molecule has 78 valence electrons. The molecule has 2 heterocycles. The van der Waals surface area contributed by atoms with Gasteiger partial charge in [0.1, 0.15) is 5.82 Å². The van der Waals surface area contributed by atoms with Gasteiger partial charge in [0.05, 0.1) is 11.4 Å². The average molecular weight is 203 g/mol. The zero-order valence-electron chi connectivity index (χ0n) is 9.02. The first-order valence-electron chi connectivity index (χ1n) is 4.70. The van der Waals surface area contributed by atoms with Gasteiger partial charge in [0.25, 0.3) is 0 Å². The fourth-order valence-electron chi connectivity index (χ4n) is 1.32. The highest BCUT2D eigenvalue weighted by Gasteiger charge is 2.07. The third-order valence-electron chi connectivity index (χ3n) is 2.20. The summed E-state index contributed by atoms with van der Waals surface area (Å²) in [6.07, 6.45) is 3.59. The molecule has 2 aromatic heterocycles. The first-order valence-corrected chi connectivity index (χ1v) is 4.70. The largest absolute Gasteiger partial charge is 0.382 e. The Bertz CT molecular complexity index is 481. The molecule has 0 aromatic carbocycles. The topological polar surface area (TPSA) is 69.6 Å². The number of rotatable bonds is 1. The molecule has 0 saturated heterocycles. The molecule has 0 unspecified atom stereocenters. The second-order valence-corrected chi connectivity index (χ2v) is 3.56. The summed E-state index contributed by atoms with van der Waals surface area (Å²) in [4.78, 5) is 8.61. The van der Waals surface area contributed by atoms with Gasteiger partial charge in [-0.2, -0.15) is 0 Å². The van der Waals surface area contributed by atoms with E-state index in [-0.39, 0.29) is 0 Å². The number of aromatic nitrogens is 4. The van der Waals surface area contributed by atoms with Gasteiger partial charge in [-0.3, -0.25) is 4.98 Å². The first-order chi connectivity index (χ1) is 7.08. The Hall–Kier alpha value is -1.91. The molecule has 0 saturated carbocycles. The monoisotopic (exact) mass is 203 g/mol. The zero-order chi connectivity index (χ0) is 11.0. The zero-order valence-corrected chi connectivity index (χ0v) is 9.02. The molecular weight excluding hydrogens is 190 g/mol. The van der Waals surface area contributed by atoms with E-state index in [0.29, 0.717) is 5.82 Å². The second kappa shape index (κ2) is 3.34. The van der Waals surface area contributed by atoms with Crippen LogP contribution in [0.3, 0.4) is 0 Å². The van der Waals surface area contributed by atoms with Crippen LogP contribution in [0.2, 0.25) is 0 Å². The quantitative estimate of drug-likeness (QED) is 0.755. The summed E-state index contributed by atoms with van der Waals surface area (Å²) in [7, 11) is 0. The van der Waals surface area contributed by atoms with Gasteiger partial charge in [-0.05, 0) is 20.8 Å². The summed E-state index contributed by atoms with van der Waals surface area (Å²) < 4.78 is 1.67. The average Bonchev–Trinajstić information content (AvgIpc) is 2.51. The lowest BCUT2D eigenvalue weighted by Gasteiger charge is -2.04. The van der Waals surface area contributed by atoms with Gasteiger partial charge in [0.2, 0.25) is 0 Å². The van der Waals surface area contributed by atoms with Gasteiger partial charge in [-0.25, -0.2) is 9.67 Å². The van der Waals surface area contributed by atoms with Crippen LogP contribution in [0.1, 0.15) is 17.0 Å². The summed E-state index contributed by atoms with van der Waals surface area (Å²) in [6, 6.07) is 0. The highest BCUT2D eigenvalue weighted by Crippen LogP contribution is 2.13. The molecule has 5 nitrogen and oxygen atoms in total. The first kappa shape index (κ1) is 9.64. The van der Waals surface area contributed by atoms with Crippen molar-refractivity contribution in [2.75, 3.05) is 5.73 Å². The smallest absolute Gasteiger partial charge is 0.175 e. The number of nitrogen functional groups attached to an aromatic ring is 1. The van der Waals surface area contributed by atoms with Crippen molar-refractivity contribution < 1.29 is 0 Å². The minimum absolute atomic E-state index is 0.526. The van der Waals surface area contributed by atoms with Crippen molar-refractivity contribution in [3.05, 3.63) is 29.3 Å². The summed E-state index contributed by atoms with van der Waals surface area (Å²) >= 11 is 0. The van der Waals surface area contributed by atoms with Crippen LogP contribution in [0.5, 0.6) is 0 Å². The summed E-state index contributed by atoms with van der Waals surface area (Å²) in [5.41, 5.74) is 8.33. The molecule has 0 radical (unpaired) electrons. The number of nitrogens with two attached hydrogens (primary N) is 1. The summed E-state index contributed by atoms with van der Waals surface area (Å²) in [5.74, 6) is 1.26. The molecule has 5 heteroatoms. The number of hydrogen-bond donors (Lipinski definition) is 1. The molecule has 2 rings (SSSR count). The van der Waals surface area contributed by atoms with Crippen molar-refractivity contribution in [1.29, 1.82) is 0 Å². The third-order valence-corrected chi connectivity index (χ3v) is 2.20. The molecule has 2 aromatic rings. The van der Waals surface area contributed by atoms with Crippen LogP contribution >= 0.6 is 0 Å². The van der Waals surface area contributed by atoms with Crippen molar-refractivity contribution in [2.24, 2.45) is 0 Å². The van der Waals surface area contributed by atoms with E-state index in [1.807, 2.05) is 27.0 Å². The van der Waals surface area contributed by atoms with Crippen LogP contribution in [-0.2, 0) is 0 Å². The lowest BCUT2D eigenvalue weighted by atomic mass is 10.4. The van der Waals surface area contributed by atoms with Crippen LogP contribution in [0.15, 0.2) is 12.4 Å². The second-order valence-electron chi connectivity index (χ2n) is 3.56. The Labute approximate surface area is 88.0 Å². The lowest BCUT2D eigenvalue weighted by molar-refractivity contribution is 0.819. The van der Waals surface area contributed by atoms with Gasteiger partial charge in [0, 0.05) is 18.0 Å². The van der Waals surface area contributed by atoms with Crippen LogP contribution in [0, 0.1) is 20.8 Å². The van der Waals surface area contributed by atoms with Crippen molar-refractivity contribution in [2.45, 2.75) is 20.8 Å². The Kier molecular flexibility index (Phi) is 2.15. The molecule has 2 N–H and O–H groups in total. The Morgan fingerprint density at radius 1 is 1.27 bits per heavy atom. The summed E-state index contributed by atoms with van der Waals surface area (Å²) in [5, 5.41) is 4.17. The van der Waals surface area contributed by atoms with Crippen molar-refractivity contribution >= 4 is 5.82 Å². The van der Waals surface area contributed by atoms with E-state index in [1.165, 1.54) is 0 Å². The maximum atomic E-state index is 5.69. The molecule has 0 aliphatic rings. The molecule has 0 aliphatic carbocycles. The Balaban J connectivity index is 2.58. The van der Waals surface area contributed by atoms with E-state index in [2.05, 4.69) is 15.1 Å². The maximum absolute atomic E-state index is 5.69. The standard InChI is InChI=1S/C10H13N5/c1-6-5-15(14-9(6)11)10-8(3)12-4-7(2)13-10/h4-5H,1-3H3,(H2,11,14). The molecule has 0 atom stereocenters. The predicted molar refractivity (Wildman–Crippen MR) is 57.8 cm³/mol. The Morgan fingerprint density at radius 2 is 2.00 bits per heavy atom. The van der Waals surface area contributed by atoms with E-state index in [1.54, 1.807) is 10.9 Å². The van der Waals surface area contributed by atoms with Crippen molar-refractivity contribution in [3.63, 3.8) is 0 Å². The van der Waals surface area contributed by atoms with Crippen LogP contribution in [-0.4, -0.2) is 19.7 Å². The number of hydrogen-bond acceptors (Lipinski definition) is 4. The van der Waals surface area contributed by atoms with Gasteiger partial charge in [0.15, 0.2) is 5.82 Å². The van der Waals surface area contributed by atoms with Gasteiger partial charge in [-0.1, -0.05) is 0 Å². The fraction of sp³-hybridized carbons (Fsp3) is 0.300. The molecule has 0 spiro atoms. The number of anilines is 1. The summed E-state index contributed by atoms with van der Waals surface area (Å²) in [6.45, 7) is 5.71. The molecular formula is C10H13N5. The molecule has 0 fully saturated rings. The fourth-order valence-corrected chi connectivity index (χ4v) is 1.32. The maximum Gasteiger partial charge on any atom is 0.175 e. The van der Waals surface area contributed by atoms with E-state index in [4.69, 9.17) is 5.73 Å². The number of aryl methyl sites for hydroxylation is 3. The normalized spacial score (nSPS) is 10.6. The van der Waals surface area contributed by atoms with Crippen LogP contribution < -0.4 is 5.73 Å². The van der Waals surface area contributed by atoms with E-state index >= 15 is 0 Å². The van der Waals surface area contributed by atoms with E-state index in [9.17, 15) is 0 Å².